The molecule has 0 atom stereocenters. The van der Waals surface area contributed by atoms with Gasteiger partial charge >= 0.3 is 5.97 Å². The monoisotopic (exact) mass is 247 g/mol. The number of carboxylic acids is 1. The Labute approximate surface area is 104 Å². The summed E-state index contributed by atoms with van der Waals surface area (Å²) in [6.45, 7) is 2.64. The number of carbonyl (C=O) groups is 1. The Hall–Kier alpha value is -2.37. The van der Waals surface area contributed by atoms with Crippen LogP contribution in [-0.2, 0) is 0 Å². The second-order valence-electron chi connectivity index (χ2n) is 3.67. The van der Waals surface area contributed by atoms with E-state index in [1.54, 1.807) is 12.1 Å². The van der Waals surface area contributed by atoms with E-state index in [2.05, 4.69) is 15.3 Å². The lowest BCUT2D eigenvalue weighted by molar-refractivity contribution is 0.0697. The Morgan fingerprint density at radius 1 is 1.56 bits per heavy atom. The zero-order valence-electron chi connectivity index (χ0n) is 9.88. The highest BCUT2D eigenvalue weighted by Gasteiger charge is 2.14. The largest absolute Gasteiger partial charge is 0.477 e. The predicted octanol–water partition coefficient (Wildman–Crippen LogP) is 2.26. The fraction of sp³-hybridized carbons (Fsp3) is 0.250. The summed E-state index contributed by atoms with van der Waals surface area (Å²) < 4.78 is 5.18. The van der Waals surface area contributed by atoms with Crippen LogP contribution in [0, 0.1) is 0 Å². The summed E-state index contributed by atoms with van der Waals surface area (Å²) in [5, 5.41) is 12.0. The van der Waals surface area contributed by atoms with Crippen LogP contribution in [0.4, 0.5) is 5.82 Å². The van der Waals surface area contributed by atoms with E-state index in [1.807, 2.05) is 6.92 Å². The number of rotatable bonds is 5. The van der Waals surface area contributed by atoms with Crippen LogP contribution in [0.25, 0.3) is 11.6 Å². The Morgan fingerprint density at radius 3 is 3.00 bits per heavy atom. The second kappa shape index (κ2) is 5.31. The maximum Gasteiger partial charge on any atom is 0.341 e. The van der Waals surface area contributed by atoms with Crippen molar-refractivity contribution >= 4 is 11.8 Å². The van der Waals surface area contributed by atoms with Gasteiger partial charge in [-0.2, -0.15) is 0 Å². The molecule has 0 radical (unpaired) electrons. The summed E-state index contributed by atoms with van der Waals surface area (Å²) in [6.07, 6.45) is 3.67. The summed E-state index contributed by atoms with van der Waals surface area (Å²) >= 11 is 0. The van der Waals surface area contributed by atoms with Crippen LogP contribution in [0.3, 0.4) is 0 Å². The van der Waals surface area contributed by atoms with Crippen LogP contribution in [0.5, 0.6) is 0 Å². The standard InChI is InChI=1S/C12H13N3O3/c1-2-5-13-10-8(12(16)17)7-14-11(15-10)9-4-3-6-18-9/h3-4,6-7H,2,5H2,1H3,(H,16,17)(H,13,14,15). The molecule has 0 spiro atoms. The van der Waals surface area contributed by atoms with Crippen molar-refractivity contribution < 1.29 is 14.3 Å². The van der Waals surface area contributed by atoms with Gasteiger partial charge in [-0.1, -0.05) is 6.92 Å². The number of carboxylic acid groups (broad SMARTS) is 1. The molecule has 0 bridgehead atoms. The Balaban J connectivity index is 2.38. The van der Waals surface area contributed by atoms with Crippen LogP contribution >= 0.6 is 0 Å². The molecule has 6 heteroatoms. The Bertz CT molecular complexity index is 538. The number of aromatic carboxylic acids is 1. The minimum atomic E-state index is -1.06. The highest BCUT2D eigenvalue weighted by atomic mass is 16.4. The molecule has 0 aliphatic rings. The summed E-state index contributed by atoms with van der Waals surface area (Å²) in [5.74, 6) is 0.125. The third-order valence-electron chi connectivity index (χ3n) is 2.30. The van der Waals surface area contributed by atoms with E-state index in [4.69, 9.17) is 9.52 Å². The second-order valence-corrected chi connectivity index (χ2v) is 3.67. The van der Waals surface area contributed by atoms with Gasteiger partial charge in [-0.25, -0.2) is 14.8 Å². The van der Waals surface area contributed by atoms with Crippen LogP contribution in [0.2, 0.25) is 0 Å². The quantitative estimate of drug-likeness (QED) is 0.842. The topological polar surface area (TPSA) is 88.3 Å². The third kappa shape index (κ3) is 2.48. The zero-order valence-corrected chi connectivity index (χ0v) is 9.88. The summed E-state index contributed by atoms with van der Waals surface area (Å²) in [5.41, 5.74) is 0.0544. The zero-order chi connectivity index (χ0) is 13.0. The maximum absolute atomic E-state index is 11.0. The lowest BCUT2D eigenvalue weighted by Crippen LogP contribution is -2.10. The molecule has 94 valence electrons. The first-order chi connectivity index (χ1) is 8.72. The van der Waals surface area contributed by atoms with E-state index in [-0.39, 0.29) is 5.56 Å². The minimum Gasteiger partial charge on any atom is -0.477 e. The maximum atomic E-state index is 11.0. The molecule has 6 nitrogen and oxygen atoms in total. The van der Waals surface area contributed by atoms with E-state index < -0.39 is 5.97 Å². The number of hydrogen-bond donors (Lipinski definition) is 2. The van der Waals surface area contributed by atoms with Crippen molar-refractivity contribution in [3.63, 3.8) is 0 Å². The summed E-state index contributed by atoms with van der Waals surface area (Å²) in [7, 11) is 0. The molecule has 2 rings (SSSR count). The van der Waals surface area contributed by atoms with E-state index in [1.165, 1.54) is 12.5 Å². The first-order valence-corrected chi connectivity index (χ1v) is 5.60. The van der Waals surface area contributed by atoms with Crippen molar-refractivity contribution in [3.05, 3.63) is 30.2 Å². The van der Waals surface area contributed by atoms with Gasteiger partial charge < -0.3 is 14.8 Å². The molecule has 0 saturated carbocycles. The number of hydrogen-bond acceptors (Lipinski definition) is 5. The molecule has 0 aliphatic carbocycles. The molecule has 2 aromatic rings. The van der Waals surface area contributed by atoms with Gasteiger partial charge in [-0.05, 0) is 18.6 Å². The molecule has 2 aromatic heterocycles. The molecule has 18 heavy (non-hydrogen) atoms. The number of nitrogens with one attached hydrogen (secondary N) is 1. The number of nitrogens with zero attached hydrogens (tertiary/aromatic N) is 2. The highest BCUT2D eigenvalue weighted by Crippen LogP contribution is 2.19. The first-order valence-electron chi connectivity index (χ1n) is 5.60. The lowest BCUT2D eigenvalue weighted by atomic mass is 10.3. The summed E-state index contributed by atoms with van der Waals surface area (Å²) in [6, 6.07) is 3.45. The Morgan fingerprint density at radius 2 is 2.39 bits per heavy atom. The summed E-state index contributed by atoms with van der Waals surface area (Å²) in [4.78, 5) is 19.2. The van der Waals surface area contributed by atoms with Crippen LogP contribution in [0.15, 0.2) is 29.0 Å². The van der Waals surface area contributed by atoms with Crippen LogP contribution in [0.1, 0.15) is 23.7 Å². The van der Waals surface area contributed by atoms with E-state index >= 15 is 0 Å². The van der Waals surface area contributed by atoms with Gasteiger partial charge in [0.1, 0.15) is 11.4 Å². The van der Waals surface area contributed by atoms with Crippen LogP contribution in [-0.4, -0.2) is 27.6 Å². The lowest BCUT2D eigenvalue weighted by Gasteiger charge is -2.08. The predicted molar refractivity (Wildman–Crippen MR) is 65.5 cm³/mol. The van der Waals surface area contributed by atoms with E-state index in [9.17, 15) is 4.79 Å². The molecule has 0 unspecified atom stereocenters. The number of anilines is 1. The molecule has 2 N–H and O–H groups in total. The van der Waals surface area contributed by atoms with Crippen molar-refractivity contribution in [2.45, 2.75) is 13.3 Å². The average molecular weight is 247 g/mol. The third-order valence-corrected chi connectivity index (χ3v) is 2.30. The molecule has 0 amide bonds. The van der Waals surface area contributed by atoms with Gasteiger partial charge in [0, 0.05) is 12.7 Å². The van der Waals surface area contributed by atoms with Gasteiger partial charge in [-0.15, -0.1) is 0 Å². The van der Waals surface area contributed by atoms with Gasteiger partial charge in [-0.3, -0.25) is 0 Å². The molecule has 0 fully saturated rings. The SMILES string of the molecule is CCCNc1nc(-c2ccco2)ncc1C(=O)O. The molecular weight excluding hydrogens is 234 g/mol. The molecular formula is C12H13N3O3. The van der Waals surface area contributed by atoms with Gasteiger partial charge in [0.15, 0.2) is 11.6 Å². The molecule has 0 saturated heterocycles. The highest BCUT2D eigenvalue weighted by molar-refractivity contribution is 5.93. The van der Waals surface area contributed by atoms with Crippen molar-refractivity contribution in [1.29, 1.82) is 0 Å². The first kappa shape index (κ1) is 12.1. The van der Waals surface area contributed by atoms with Crippen molar-refractivity contribution in [2.24, 2.45) is 0 Å². The van der Waals surface area contributed by atoms with Crippen molar-refractivity contribution in [2.75, 3.05) is 11.9 Å². The van der Waals surface area contributed by atoms with E-state index in [0.717, 1.165) is 6.42 Å². The van der Waals surface area contributed by atoms with Gasteiger partial charge in [0.2, 0.25) is 0 Å². The van der Waals surface area contributed by atoms with Crippen molar-refractivity contribution in [1.82, 2.24) is 9.97 Å². The van der Waals surface area contributed by atoms with Crippen molar-refractivity contribution in [3.8, 4) is 11.6 Å². The Kier molecular flexibility index (Phi) is 3.57. The molecule has 0 aliphatic heterocycles. The molecule has 2 heterocycles. The fourth-order valence-electron chi connectivity index (χ4n) is 1.44. The van der Waals surface area contributed by atoms with Crippen LogP contribution < -0.4 is 5.32 Å². The van der Waals surface area contributed by atoms with Gasteiger partial charge in [0.05, 0.1) is 6.26 Å². The number of aromatic nitrogens is 2. The minimum absolute atomic E-state index is 0.0544. The number of furan rings is 1. The average Bonchev–Trinajstić information content (AvgIpc) is 2.89. The fourth-order valence-corrected chi connectivity index (χ4v) is 1.44. The smallest absolute Gasteiger partial charge is 0.341 e. The molecule has 0 aromatic carbocycles. The van der Waals surface area contributed by atoms with E-state index in [0.29, 0.717) is 23.9 Å². The van der Waals surface area contributed by atoms with Gasteiger partial charge in [0.25, 0.3) is 0 Å². The normalized spacial score (nSPS) is 10.3.